The molecule has 0 spiro atoms. The van der Waals surface area contributed by atoms with Crippen molar-refractivity contribution in [3.63, 3.8) is 0 Å². The van der Waals surface area contributed by atoms with Gasteiger partial charge < -0.3 is 20.3 Å². The fourth-order valence-electron chi connectivity index (χ4n) is 3.27. The molecule has 1 heterocycles. The van der Waals surface area contributed by atoms with E-state index in [4.69, 9.17) is 14.9 Å². The number of aromatic carboxylic acids is 2. The summed E-state index contributed by atoms with van der Waals surface area (Å²) in [4.78, 5) is 30.9. The van der Waals surface area contributed by atoms with Gasteiger partial charge in [-0.05, 0) is 47.5 Å². The van der Waals surface area contributed by atoms with E-state index in [9.17, 15) is 9.59 Å². The first-order chi connectivity index (χ1) is 18.9. The number of methoxy groups -OCH3 is 1. The lowest BCUT2D eigenvalue weighted by atomic mass is 10.1. The lowest BCUT2D eigenvalue weighted by molar-refractivity contribution is 0.0686. The second-order valence-electron chi connectivity index (χ2n) is 7.88. The van der Waals surface area contributed by atoms with Gasteiger partial charge in [-0.25, -0.2) is 15.0 Å². The van der Waals surface area contributed by atoms with Crippen LogP contribution in [-0.4, -0.2) is 51.7 Å². The van der Waals surface area contributed by atoms with E-state index in [1.165, 1.54) is 36.7 Å². The van der Waals surface area contributed by atoms with E-state index in [0.29, 0.717) is 34.2 Å². The Labute approximate surface area is 222 Å². The summed E-state index contributed by atoms with van der Waals surface area (Å²) in [6, 6.07) is 21.4. The minimum absolute atomic E-state index is 0.150. The van der Waals surface area contributed by atoms with Crippen LogP contribution in [0, 0.1) is 0 Å². The van der Waals surface area contributed by atoms with Gasteiger partial charge in [-0.2, -0.15) is 20.2 Å². The molecule has 4 rings (SSSR count). The molecule has 0 fully saturated rings. The molecule has 0 radical (unpaired) electrons. The fraction of sp³-hybridized carbons (Fsp3) is 0.0370. The van der Waals surface area contributed by atoms with Gasteiger partial charge in [-0.3, -0.25) is 5.43 Å². The summed E-state index contributed by atoms with van der Waals surface area (Å²) >= 11 is 0. The maximum Gasteiger partial charge on any atom is 0.335 e. The zero-order valence-electron chi connectivity index (χ0n) is 20.6. The highest BCUT2D eigenvalue weighted by molar-refractivity contribution is 5.90. The van der Waals surface area contributed by atoms with Crippen LogP contribution in [-0.2, 0) is 0 Å². The van der Waals surface area contributed by atoms with Gasteiger partial charge in [0.1, 0.15) is 11.6 Å². The monoisotopic (exact) mass is 525 g/mol. The highest BCUT2D eigenvalue weighted by atomic mass is 16.5. The van der Waals surface area contributed by atoms with Crippen LogP contribution in [0.5, 0.6) is 5.75 Å². The molecule has 12 nitrogen and oxygen atoms in total. The zero-order valence-corrected chi connectivity index (χ0v) is 20.6. The smallest absolute Gasteiger partial charge is 0.335 e. The average Bonchev–Trinajstić information content (AvgIpc) is 2.94. The molecule has 0 atom stereocenters. The van der Waals surface area contributed by atoms with Crippen molar-refractivity contribution in [2.24, 2.45) is 10.2 Å². The van der Waals surface area contributed by atoms with Crippen molar-refractivity contribution in [1.82, 2.24) is 9.97 Å². The third-order valence-corrected chi connectivity index (χ3v) is 5.18. The maximum absolute atomic E-state index is 11.0. The van der Waals surface area contributed by atoms with Gasteiger partial charge >= 0.3 is 11.9 Å². The Bertz CT molecular complexity index is 1430. The van der Waals surface area contributed by atoms with E-state index < -0.39 is 11.9 Å². The van der Waals surface area contributed by atoms with Gasteiger partial charge in [0, 0.05) is 6.07 Å². The topological polar surface area (TPSA) is 170 Å². The SMILES string of the molecule is COc1ccccc1Nc1cc(NN=Cc2ccc(C(=O)O)cc2)nc(NN=Cc2ccc(C(=O)O)cc2)n1. The van der Waals surface area contributed by atoms with E-state index in [1.807, 2.05) is 24.3 Å². The molecule has 0 saturated carbocycles. The van der Waals surface area contributed by atoms with Crippen LogP contribution in [0.15, 0.2) is 89.1 Å². The van der Waals surface area contributed by atoms with E-state index in [0.717, 1.165) is 0 Å². The molecule has 196 valence electrons. The number of para-hydroxylation sites is 2. The van der Waals surface area contributed by atoms with Crippen molar-refractivity contribution < 1.29 is 24.5 Å². The molecule has 4 aromatic rings. The normalized spacial score (nSPS) is 10.9. The third kappa shape index (κ3) is 7.36. The molecular formula is C27H23N7O5. The number of ether oxygens (including phenoxy) is 1. The summed E-state index contributed by atoms with van der Waals surface area (Å²) in [5.74, 6) is -0.495. The minimum atomic E-state index is -1.01. The molecule has 5 N–H and O–H groups in total. The second-order valence-corrected chi connectivity index (χ2v) is 7.88. The number of anilines is 4. The summed E-state index contributed by atoms with van der Waals surface area (Å²) in [6.07, 6.45) is 3.02. The van der Waals surface area contributed by atoms with Crippen LogP contribution >= 0.6 is 0 Å². The number of hydrogen-bond donors (Lipinski definition) is 5. The van der Waals surface area contributed by atoms with Crippen molar-refractivity contribution in [3.8, 4) is 5.75 Å². The van der Waals surface area contributed by atoms with Gasteiger partial charge in [-0.1, -0.05) is 36.4 Å². The Morgan fingerprint density at radius 1 is 0.769 bits per heavy atom. The Morgan fingerprint density at radius 3 is 1.87 bits per heavy atom. The molecule has 0 amide bonds. The molecule has 0 aliphatic rings. The predicted octanol–water partition coefficient (Wildman–Crippen LogP) is 4.52. The largest absolute Gasteiger partial charge is 0.495 e. The van der Waals surface area contributed by atoms with Gasteiger partial charge in [0.25, 0.3) is 0 Å². The van der Waals surface area contributed by atoms with Crippen LogP contribution < -0.4 is 20.9 Å². The number of benzene rings is 3. The Balaban J connectivity index is 1.54. The molecule has 1 aromatic heterocycles. The zero-order chi connectivity index (χ0) is 27.6. The third-order valence-electron chi connectivity index (χ3n) is 5.18. The number of hydrazone groups is 2. The van der Waals surface area contributed by atoms with Crippen molar-refractivity contribution >= 4 is 47.6 Å². The molecular weight excluding hydrogens is 502 g/mol. The highest BCUT2D eigenvalue weighted by Crippen LogP contribution is 2.27. The summed E-state index contributed by atoms with van der Waals surface area (Å²) in [5, 5.41) is 29.6. The number of carboxylic acids is 2. The average molecular weight is 526 g/mol. The minimum Gasteiger partial charge on any atom is -0.495 e. The summed E-state index contributed by atoms with van der Waals surface area (Å²) in [5.41, 5.74) is 7.99. The molecule has 39 heavy (non-hydrogen) atoms. The lowest BCUT2D eigenvalue weighted by Crippen LogP contribution is -2.04. The number of aromatic nitrogens is 2. The standard InChI is InChI=1S/C27H23N7O5/c1-39-22-5-3-2-4-21(22)30-23-14-24(33-28-15-17-6-10-19(11-7-17)25(35)36)32-27(31-23)34-29-16-18-8-12-20(13-9-18)26(37)38/h2-16H,1H3,(H,35,36)(H,37,38)(H3,30,31,32,33,34). The second kappa shape index (κ2) is 12.5. The van der Waals surface area contributed by atoms with E-state index >= 15 is 0 Å². The number of hydrogen-bond acceptors (Lipinski definition) is 10. The summed E-state index contributed by atoms with van der Waals surface area (Å²) < 4.78 is 5.39. The van der Waals surface area contributed by atoms with Crippen molar-refractivity contribution in [2.75, 3.05) is 23.3 Å². The fourth-order valence-corrected chi connectivity index (χ4v) is 3.27. The molecule has 0 aliphatic carbocycles. The highest BCUT2D eigenvalue weighted by Gasteiger charge is 2.08. The van der Waals surface area contributed by atoms with Gasteiger partial charge in [0.05, 0.1) is 36.4 Å². The van der Waals surface area contributed by atoms with E-state index in [1.54, 1.807) is 37.4 Å². The summed E-state index contributed by atoms with van der Waals surface area (Å²) in [7, 11) is 1.57. The maximum atomic E-state index is 11.0. The number of rotatable bonds is 11. The molecule has 3 aromatic carbocycles. The van der Waals surface area contributed by atoms with Gasteiger partial charge in [0.2, 0.25) is 5.95 Å². The molecule has 0 unspecified atom stereocenters. The van der Waals surface area contributed by atoms with Crippen LogP contribution in [0.3, 0.4) is 0 Å². The van der Waals surface area contributed by atoms with Crippen LogP contribution in [0.1, 0.15) is 31.8 Å². The van der Waals surface area contributed by atoms with Gasteiger partial charge in [0.15, 0.2) is 5.82 Å². The van der Waals surface area contributed by atoms with Crippen molar-refractivity contribution in [1.29, 1.82) is 0 Å². The molecule has 0 aliphatic heterocycles. The van der Waals surface area contributed by atoms with Gasteiger partial charge in [-0.15, -0.1) is 0 Å². The van der Waals surface area contributed by atoms with E-state index in [2.05, 4.69) is 36.3 Å². The number of carbonyl (C=O) groups is 2. The number of nitrogens with zero attached hydrogens (tertiary/aromatic N) is 4. The van der Waals surface area contributed by atoms with Crippen molar-refractivity contribution in [2.45, 2.75) is 0 Å². The molecule has 12 heteroatoms. The quantitative estimate of drug-likeness (QED) is 0.139. The Hall–Kier alpha value is -5.78. The lowest BCUT2D eigenvalue weighted by Gasteiger charge is -2.12. The molecule has 0 saturated heterocycles. The first-order valence-electron chi connectivity index (χ1n) is 11.5. The Morgan fingerprint density at radius 2 is 1.31 bits per heavy atom. The van der Waals surface area contributed by atoms with Crippen LogP contribution in [0.25, 0.3) is 0 Å². The number of carboxylic acid groups (broad SMARTS) is 2. The molecule has 0 bridgehead atoms. The van der Waals surface area contributed by atoms with E-state index in [-0.39, 0.29) is 17.1 Å². The van der Waals surface area contributed by atoms with Crippen LogP contribution in [0.4, 0.5) is 23.3 Å². The van der Waals surface area contributed by atoms with Crippen molar-refractivity contribution in [3.05, 3.63) is 101 Å². The predicted molar refractivity (Wildman–Crippen MR) is 148 cm³/mol. The first-order valence-corrected chi connectivity index (χ1v) is 11.5. The Kier molecular flexibility index (Phi) is 8.39. The number of nitrogens with one attached hydrogen (secondary N) is 3. The van der Waals surface area contributed by atoms with Crippen LogP contribution in [0.2, 0.25) is 0 Å². The first kappa shape index (κ1) is 26.3. The summed E-state index contributed by atoms with van der Waals surface area (Å²) in [6.45, 7) is 0.